The fourth-order valence-electron chi connectivity index (χ4n) is 1.04. The monoisotopic (exact) mass is 192 g/mol. The molecule has 0 amide bonds. The molecule has 0 N–H and O–H groups in total. The normalized spacial score (nSPS) is 12.4. The third-order valence-corrected chi connectivity index (χ3v) is 2.17. The van der Waals surface area contributed by atoms with Gasteiger partial charge in [-0.1, -0.05) is 37.3 Å². The van der Waals surface area contributed by atoms with E-state index in [1.165, 1.54) is 0 Å². The van der Waals surface area contributed by atoms with Crippen LogP contribution in [0.3, 0.4) is 0 Å². The summed E-state index contributed by atoms with van der Waals surface area (Å²) in [5.41, 5.74) is 0.718. The van der Waals surface area contributed by atoms with Gasteiger partial charge in [0.05, 0.1) is 6.10 Å². The van der Waals surface area contributed by atoms with Crippen LogP contribution in [0.15, 0.2) is 30.3 Å². The third kappa shape index (κ3) is 3.30. The zero-order chi connectivity index (χ0) is 10.4. The quantitative estimate of drug-likeness (QED) is 0.670. The molecule has 1 unspecified atom stereocenters. The predicted octanol–water partition coefficient (Wildman–Crippen LogP) is 2.68. The topological polar surface area (TPSA) is 26.3 Å². The van der Waals surface area contributed by atoms with Crippen molar-refractivity contribution in [2.75, 3.05) is 6.61 Å². The van der Waals surface area contributed by atoms with E-state index in [1.807, 2.05) is 44.2 Å². The van der Waals surface area contributed by atoms with Crippen molar-refractivity contribution in [3.8, 4) is 0 Å². The van der Waals surface area contributed by atoms with E-state index in [4.69, 9.17) is 4.74 Å². The Kier molecular flexibility index (Phi) is 4.33. The molecule has 1 aromatic carbocycles. The Morgan fingerprint density at radius 2 is 2.00 bits per heavy atom. The molecule has 0 fully saturated rings. The van der Waals surface area contributed by atoms with Gasteiger partial charge in [0.25, 0.3) is 0 Å². The molecule has 0 radical (unpaired) electrons. The number of carbonyl (C=O) groups is 1. The number of Topliss-reactive ketones (excluding diaryl/α,β-unsaturated/α-hetero) is 1. The second kappa shape index (κ2) is 5.55. The molecule has 2 heteroatoms. The average Bonchev–Trinajstić information content (AvgIpc) is 2.26. The maximum atomic E-state index is 11.5. The molecule has 0 spiro atoms. The number of ether oxygens (including phenoxy) is 1. The van der Waals surface area contributed by atoms with Crippen LogP contribution in [0.5, 0.6) is 0 Å². The van der Waals surface area contributed by atoms with Crippen LogP contribution < -0.4 is 0 Å². The highest BCUT2D eigenvalue weighted by Crippen LogP contribution is 2.02. The summed E-state index contributed by atoms with van der Waals surface area (Å²) in [6, 6.07) is 9.23. The minimum absolute atomic E-state index is 0.0471. The van der Waals surface area contributed by atoms with Gasteiger partial charge in [0.1, 0.15) is 6.61 Å². The number of hydrogen-bond donors (Lipinski definition) is 0. The Morgan fingerprint density at radius 1 is 1.36 bits per heavy atom. The molecule has 1 rings (SSSR count). The molecule has 0 bridgehead atoms. The smallest absolute Gasteiger partial charge is 0.188 e. The standard InChI is InChI=1S/C12H16O2/c1-3-10(2)14-9-12(13)11-7-5-4-6-8-11/h4-8,10H,3,9H2,1-2H3. The van der Waals surface area contributed by atoms with Gasteiger partial charge in [0.15, 0.2) is 5.78 Å². The van der Waals surface area contributed by atoms with Crippen LogP contribution in [0.1, 0.15) is 30.6 Å². The number of carbonyl (C=O) groups excluding carboxylic acids is 1. The molecule has 0 heterocycles. The van der Waals surface area contributed by atoms with Crippen molar-refractivity contribution in [1.29, 1.82) is 0 Å². The lowest BCUT2D eigenvalue weighted by molar-refractivity contribution is 0.0511. The molecule has 76 valence electrons. The van der Waals surface area contributed by atoms with Crippen molar-refractivity contribution in [3.05, 3.63) is 35.9 Å². The number of rotatable bonds is 5. The highest BCUT2D eigenvalue weighted by molar-refractivity contribution is 5.96. The zero-order valence-corrected chi connectivity index (χ0v) is 8.69. The maximum absolute atomic E-state index is 11.5. The summed E-state index contributed by atoms with van der Waals surface area (Å²) in [6.07, 6.45) is 1.09. The van der Waals surface area contributed by atoms with E-state index in [9.17, 15) is 4.79 Å². The molecule has 1 atom stereocenters. The van der Waals surface area contributed by atoms with Gasteiger partial charge >= 0.3 is 0 Å². The van der Waals surface area contributed by atoms with Crippen LogP contribution in [0.25, 0.3) is 0 Å². The van der Waals surface area contributed by atoms with Gasteiger partial charge in [-0.15, -0.1) is 0 Å². The highest BCUT2D eigenvalue weighted by atomic mass is 16.5. The number of hydrogen-bond acceptors (Lipinski definition) is 2. The molecule has 0 aliphatic carbocycles. The van der Waals surface area contributed by atoms with Crippen LogP contribution in [0, 0.1) is 0 Å². The van der Waals surface area contributed by atoms with Crippen molar-refractivity contribution in [1.82, 2.24) is 0 Å². The van der Waals surface area contributed by atoms with Gasteiger partial charge in [0, 0.05) is 5.56 Å². The second-order valence-electron chi connectivity index (χ2n) is 3.32. The molecular formula is C12H16O2. The summed E-state index contributed by atoms with van der Waals surface area (Å²) < 4.78 is 5.36. The summed E-state index contributed by atoms with van der Waals surface area (Å²) in [6.45, 7) is 4.19. The van der Waals surface area contributed by atoms with Crippen molar-refractivity contribution >= 4 is 5.78 Å². The maximum Gasteiger partial charge on any atom is 0.188 e. The minimum atomic E-state index is 0.0471. The Morgan fingerprint density at radius 3 is 2.57 bits per heavy atom. The lowest BCUT2D eigenvalue weighted by Crippen LogP contribution is -2.15. The fraction of sp³-hybridized carbons (Fsp3) is 0.417. The first kappa shape index (κ1) is 10.9. The Hall–Kier alpha value is -1.15. The van der Waals surface area contributed by atoms with Gasteiger partial charge in [-0.3, -0.25) is 4.79 Å². The lowest BCUT2D eigenvalue weighted by Gasteiger charge is -2.09. The fourth-order valence-corrected chi connectivity index (χ4v) is 1.04. The van der Waals surface area contributed by atoms with Crippen LogP contribution in [-0.2, 0) is 4.74 Å². The summed E-state index contributed by atoms with van der Waals surface area (Å²) in [5.74, 6) is 0.0471. The second-order valence-corrected chi connectivity index (χ2v) is 3.32. The molecule has 1 aromatic rings. The first-order valence-electron chi connectivity index (χ1n) is 4.94. The van der Waals surface area contributed by atoms with Crippen LogP contribution in [-0.4, -0.2) is 18.5 Å². The van der Waals surface area contributed by atoms with Gasteiger partial charge < -0.3 is 4.74 Å². The van der Waals surface area contributed by atoms with Crippen LogP contribution in [0.2, 0.25) is 0 Å². The predicted molar refractivity (Wildman–Crippen MR) is 56.5 cm³/mol. The Bertz CT molecular complexity index is 280. The molecule has 14 heavy (non-hydrogen) atoms. The summed E-state index contributed by atoms with van der Waals surface area (Å²) in [5, 5.41) is 0. The SMILES string of the molecule is CCC(C)OCC(=O)c1ccccc1. The molecule has 2 nitrogen and oxygen atoms in total. The van der Waals surface area contributed by atoms with Crippen molar-refractivity contribution in [2.24, 2.45) is 0 Å². The van der Waals surface area contributed by atoms with E-state index >= 15 is 0 Å². The number of benzene rings is 1. The van der Waals surface area contributed by atoms with E-state index in [0.29, 0.717) is 0 Å². The molecule has 0 saturated carbocycles. The first-order chi connectivity index (χ1) is 6.74. The molecule has 0 aromatic heterocycles. The van der Waals surface area contributed by atoms with Crippen molar-refractivity contribution in [3.63, 3.8) is 0 Å². The van der Waals surface area contributed by atoms with E-state index in [-0.39, 0.29) is 18.5 Å². The van der Waals surface area contributed by atoms with Gasteiger partial charge in [0.2, 0.25) is 0 Å². The van der Waals surface area contributed by atoms with E-state index in [2.05, 4.69) is 0 Å². The zero-order valence-electron chi connectivity index (χ0n) is 8.69. The van der Waals surface area contributed by atoms with Crippen LogP contribution in [0.4, 0.5) is 0 Å². The van der Waals surface area contributed by atoms with Crippen molar-refractivity contribution in [2.45, 2.75) is 26.4 Å². The van der Waals surface area contributed by atoms with Gasteiger partial charge in [-0.05, 0) is 13.3 Å². The summed E-state index contributed by atoms with van der Waals surface area (Å²) in [7, 11) is 0. The third-order valence-electron chi connectivity index (χ3n) is 2.17. The minimum Gasteiger partial charge on any atom is -0.370 e. The molecule has 0 saturated heterocycles. The largest absolute Gasteiger partial charge is 0.370 e. The lowest BCUT2D eigenvalue weighted by atomic mass is 10.1. The molecule has 0 aliphatic heterocycles. The van der Waals surface area contributed by atoms with Gasteiger partial charge in [-0.25, -0.2) is 0 Å². The highest BCUT2D eigenvalue weighted by Gasteiger charge is 2.06. The molecule has 0 aliphatic rings. The van der Waals surface area contributed by atoms with E-state index in [0.717, 1.165) is 12.0 Å². The average molecular weight is 192 g/mol. The van der Waals surface area contributed by atoms with Crippen molar-refractivity contribution < 1.29 is 9.53 Å². The molecular weight excluding hydrogens is 176 g/mol. The first-order valence-corrected chi connectivity index (χ1v) is 4.94. The van der Waals surface area contributed by atoms with E-state index in [1.54, 1.807) is 0 Å². The number of ketones is 1. The Labute approximate surface area is 84.9 Å². The summed E-state index contributed by atoms with van der Waals surface area (Å²) >= 11 is 0. The Balaban J connectivity index is 2.44. The van der Waals surface area contributed by atoms with E-state index < -0.39 is 0 Å². The summed E-state index contributed by atoms with van der Waals surface area (Å²) in [4.78, 5) is 11.5. The van der Waals surface area contributed by atoms with Crippen LogP contribution >= 0.6 is 0 Å². The van der Waals surface area contributed by atoms with Gasteiger partial charge in [-0.2, -0.15) is 0 Å².